The highest BCUT2D eigenvalue weighted by atomic mass is 19.1. The number of halogens is 1. The molecular weight excluding hydrogens is 243 g/mol. The first-order valence-corrected chi connectivity index (χ1v) is 6.78. The molecule has 0 radical (unpaired) electrons. The van der Waals surface area contributed by atoms with E-state index in [-0.39, 0.29) is 17.6 Å². The molecule has 1 aromatic rings. The van der Waals surface area contributed by atoms with E-state index in [9.17, 15) is 9.18 Å². The van der Waals surface area contributed by atoms with Crippen LogP contribution in [0.3, 0.4) is 0 Å². The number of nitrogens with one attached hydrogen (secondary N) is 2. The minimum absolute atomic E-state index is 0.0640. The zero-order valence-electron chi connectivity index (χ0n) is 11.5. The molecule has 1 aliphatic rings. The lowest BCUT2D eigenvalue weighted by Gasteiger charge is -2.30. The first-order chi connectivity index (χ1) is 8.99. The van der Waals surface area contributed by atoms with Gasteiger partial charge in [0.05, 0.1) is 5.54 Å². The molecule has 19 heavy (non-hydrogen) atoms. The second kappa shape index (κ2) is 5.70. The molecule has 1 aliphatic heterocycles. The number of carbonyl (C=O) groups excluding carboxylic acids is 1. The highest BCUT2D eigenvalue weighted by Gasteiger charge is 2.28. The second-order valence-corrected chi connectivity index (χ2v) is 5.65. The van der Waals surface area contributed by atoms with Crippen LogP contribution in [-0.2, 0) is 10.3 Å². The fourth-order valence-electron chi connectivity index (χ4n) is 2.44. The predicted molar refractivity (Wildman–Crippen MR) is 73.2 cm³/mol. The molecule has 1 heterocycles. The maximum absolute atomic E-state index is 13.3. The van der Waals surface area contributed by atoms with E-state index >= 15 is 0 Å². The van der Waals surface area contributed by atoms with E-state index in [2.05, 4.69) is 10.6 Å². The van der Waals surface area contributed by atoms with E-state index in [1.807, 2.05) is 19.9 Å². The standard InChI is InChI=1S/C15H21FN2O/c1-15(2,12-4-3-5-13(16)10-12)18-14(19)11-6-8-17-9-7-11/h3-5,10-11,17H,6-9H2,1-2H3,(H,18,19). The van der Waals surface area contributed by atoms with Gasteiger partial charge in [0.15, 0.2) is 0 Å². The molecule has 0 bridgehead atoms. The van der Waals surface area contributed by atoms with Gasteiger partial charge in [0.25, 0.3) is 0 Å². The number of rotatable bonds is 3. The Morgan fingerprint density at radius 1 is 1.37 bits per heavy atom. The summed E-state index contributed by atoms with van der Waals surface area (Å²) < 4.78 is 13.3. The third-order valence-electron chi connectivity index (χ3n) is 3.69. The topological polar surface area (TPSA) is 41.1 Å². The average Bonchev–Trinajstić information content (AvgIpc) is 2.39. The van der Waals surface area contributed by atoms with Crippen LogP contribution >= 0.6 is 0 Å². The molecule has 3 nitrogen and oxygen atoms in total. The lowest BCUT2D eigenvalue weighted by Crippen LogP contribution is -2.46. The Bertz CT molecular complexity index is 453. The Labute approximate surface area is 113 Å². The van der Waals surface area contributed by atoms with Crippen LogP contribution in [0.15, 0.2) is 24.3 Å². The summed E-state index contributed by atoms with van der Waals surface area (Å²) in [6.45, 7) is 5.58. The smallest absolute Gasteiger partial charge is 0.223 e. The Morgan fingerprint density at radius 2 is 2.05 bits per heavy atom. The molecule has 1 saturated heterocycles. The molecule has 1 amide bonds. The van der Waals surface area contributed by atoms with Gasteiger partial charge in [-0.15, -0.1) is 0 Å². The van der Waals surface area contributed by atoms with Crippen LogP contribution in [-0.4, -0.2) is 19.0 Å². The SMILES string of the molecule is CC(C)(NC(=O)C1CCNCC1)c1cccc(F)c1. The highest BCUT2D eigenvalue weighted by molar-refractivity contribution is 5.79. The zero-order valence-corrected chi connectivity index (χ0v) is 11.5. The summed E-state index contributed by atoms with van der Waals surface area (Å²) in [5.41, 5.74) is 0.235. The predicted octanol–water partition coefficient (Wildman–Crippen LogP) is 2.18. The zero-order chi connectivity index (χ0) is 13.9. The average molecular weight is 264 g/mol. The van der Waals surface area contributed by atoms with E-state index in [0.29, 0.717) is 0 Å². The summed E-state index contributed by atoms with van der Waals surface area (Å²) >= 11 is 0. The van der Waals surface area contributed by atoms with Crippen LogP contribution < -0.4 is 10.6 Å². The van der Waals surface area contributed by atoms with Gasteiger partial charge in [0.1, 0.15) is 5.82 Å². The first kappa shape index (κ1) is 14.0. The fraction of sp³-hybridized carbons (Fsp3) is 0.533. The summed E-state index contributed by atoms with van der Waals surface area (Å²) in [4.78, 5) is 12.2. The molecule has 0 aromatic heterocycles. The van der Waals surface area contributed by atoms with Crippen LogP contribution in [0.5, 0.6) is 0 Å². The summed E-state index contributed by atoms with van der Waals surface area (Å²) in [5, 5.41) is 6.28. The summed E-state index contributed by atoms with van der Waals surface area (Å²) in [6.07, 6.45) is 1.73. The van der Waals surface area contributed by atoms with Crippen molar-refractivity contribution in [2.75, 3.05) is 13.1 Å². The molecule has 1 fully saturated rings. The number of benzene rings is 1. The minimum atomic E-state index is -0.552. The van der Waals surface area contributed by atoms with Crippen molar-refractivity contribution in [2.24, 2.45) is 5.92 Å². The largest absolute Gasteiger partial charge is 0.347 e. The number of hydrogen-bond acceptors (Lipinski definition) is 2. The lowest BCUT2D eigenvalue weighted by molar-refractivity contribution is -0.127. The Balaban J connectivity index is 2.05. The number of hydrogen-bond donors (Lipinski definition) is 2. The summed E-state index contributed by atoms with van der Waals surface area (Å²) in [7, 11) is 0. The van der Waals surface area contributed by atoms with Gasteiger partial charge >= 0.3 is 0 Å². The number of carbonyl (C=O) groups is 1. The van der Waals surface area contributed by atoms with Crippen LogP contribution in [0.25, 0.3) is 0 Å². The van der Waals surface area contributed by atoms with Gasteiger partial charge in [-0.3, -0.25) is 4.79 Å². The molecular formula is C15H21FN2O. The third kappa shape index (κ3) is 3.53. The quantitative estimate of drug-likeness (QED) is 0.878. The van der Waals surface area contributed by atoms with Crippen molar-refractivity contribution < 1.29 is 9.18 Å². The van der Waals surface area contributed by atoms with Crippen LogP contribution in [0.2, 0.25) is 0 Å². The molecule has 2 N–H and O–H groups in total. The van der Waals surface area contributed by atoms with Crippen LogP contribution in [0.4, 0.5) is 4.39 Å². The van der Waals surface area contributed by atoms with E-state index in [1.54, 1.807) is 6.07 Å². The van der Waals surface area contributed by atoms with Gasteiger partial charge in [-0.25, -0.2) is 4.39 Å². The fourth-order valence-corrected chi connectivity index (χ4v) is 2.44. The number of amides is 1. The van der Waals surface area contributed by atoms with E-state index in [1.165, 1.54) is 12.1 Å². The van der Waals surface area contributed by atoms with Gasteiger partial charge in [-0.05, 0) is 57.5 Å². The van der Waals surface area contributed by atoms with Gasteiger partial charge in [0.2, 0.25) is 5.91 Å². The van der Waals surface area contributed by atoms with Gasteiger partial charge in [-0.1, -0.05) is 12.1 Å². The van der Waals surface area contributed by atoms with Crippen molar-refractivity contribution in [3.63, 3.8) is 0 Å². The van der Waals surface area contributed by atoms with Gasteiger partial charge < -0.3 is 10.6 Å². The second-order valence-electron chi connectivity index (χ2n) is 5.65. The molecule has 1 aromatic carbocycles. The van der Waals surface area contributed by atoms with Gasteiger partial charge in [-0.2, -0.15) is 0 Å². The maximum atomic E-state index is 13.3. The normalized spacial score (nSPS) is 17.2. The third-order valence-corrected chi connectivity index (χ3v) is 3.69. The minimum Gasteiger partial charge on any atom is -0.347 e. The van der Waals surface area contributed by atoms with Crippen molar-refractivity contribution in [3.05, 3.63) is 35.6 Å². The van der Waals surface area contributed by atoms with Crippen molar-refractivity contribution in [2.45, 2.75) is 32.2 Å². The highest BCUT2D eigenvalue weighted by Crippen LogP contribution is 2.22. The van der Waals surface area contributed by atoms with Crippen molar-refractivity contribution in [1.82, 2.24) is 10.6 Å². The molecule has 0 aliphatic carbocycles. The first-order valence-electron chi connectivity index (χ1n) is 6.78. The van der Waals surface area contributed by atoms with Crippen LogP contribution in [0.1, 0.15) is 32.3 Å². The molecule has 2 rings (SSSR count). The van der Waals surface area contributed by atoms with Gasteiger partial charge in [0, 0.05) is 5.92 Å². The molecule has 0 spiro atoms. The van der Waals surface area contributed by atoms with E-state index < -0.39 is 5.54 Å². The monoisotopic (exact) mass is 264 g/mol. The van der Waals surface area contributed by atoms with E-state index in [0.717, 1.165) is 31.5 Å². The molecule has 4 heteroatoms. The molecule has 0 unspecified atom stereocenters. The van der Waals surface area contributed by atoms with Crippen LogP contribution in [0, 0.1) is 11.7 Å². The Hall–Kier alpha value is -1.42. The van der Waals surface area contributed by atoms with E-state index in [4.69, 9.17) is 0 Å². The maximum Gasteiger partial charge on any atom is 0.223 e. The number of piperidine rings is 1. The van der Waals surface area contributed by atoms with Crippen molar-refractivity contribution >= 4 is 5.91 Å². The Kier molecular flexibility index (Phi) is 4.20. The Morgan fingerprint density at radius 3 is 2.68 bits per heavy atom. The summed E-state index contributed by atoms with van der Waals surface area (Å²) in [5.74, 6) is -0.147. The summed E-state index contributed by atoms with van der Waals surface area (Å²) in [6, 6.07) is 6.39. The van der Waals surface area contributed by atoms with Crippen molar-refractivity contribution in [1.29, 1.82) is 0 Å². The molecule has 0 atom stereocenters. The molecule has 0 saturated carbocycles. The molecule has 104 valence electrons. The van der Waals surface area contributed by atoms with Crippen molar-refractivity contribution in [3.8, 4) is 0 Å². The lowest BCUT2D eigenvalue weighted by atomic mass is 9.91.